The zero-order valence-corrected chi connectivity index (χ0v) is 24.3. The number of hydrogen-bond donors (Lipinski definition) is 0. The van der Waals surface area contributed by atoms with Crippen LogP contribution in [0.3, 0.4) is 0 Å². The summed E-state index contributed by atoms with van der Waals surface area (Å²) in [5, 5.41) is 2.36. The maximum atomic E-state index is 11.8. The highest BCUT2D eigenvalue weighted by molar-refractivity contribution is 6.02. The van der Waals surface area contributed by atoms with Crippen LogP contribution < -0.4 is 14.4 Å². The molecule has 4 aromatic carbocycles. The van der Waals surface area contributed by atoms with Gasteiger partial charge >= 0.3 is 5.97 Å². The van der Waals surface area contributed by atoms with Gasteiger partial charge in [0.25, 0.3) is 0 Å². The maximum absolute atomic E-state index is 11.8. The number of hydrogen-bond acceptors (Lipinski definition) is 7. The molecule has 0 aliphatic carbocycles. The van der Waals surface area contributed by atoms with E-state index in [1.807, 2.05) is 42.5 Å². The van der Waals surface area contributed by atoms with Gasteiger partial charge < -0.3 is 28.6 Å². The number of carbonyl (C=O) groups excluding carboxylic acids is 2. The van der Waals surface area contributed by atoms with Crippen LogP contribution in [0.25, 0.3) is 16.8 Å². The Kier molecular flexibility index (Phi) is 8.43. The van der Waals surface area contributed by atoms with E-state index in [4.69, 9.17) is 18.9 Å². The Bertz CT molecular complexity index is 1630. The van der Waals surface area contributed by atoms with Gasteiger partial charge in [-0.05, 0) is 36.6 Å². The number of fused-ring (bicyclic) bond motifs is 3. The molecule has 0 radical (unpaired) electrons. The number of Topliss-reactive ketones (excluding diaryl/α,β-unsaturated/α-hetero) is 1. The van der Waals surface area contributed by atoms with E-state index in [0.717, 1.165) is 46.6 Å². The molecule has 0 spiro atoms. The summed E-state index contributed by atoms with van der Waals surface area (Å²) in [6.07, 6.45) is 4.60. The summed E-state index contributed by atoms with van der Waals surface area (Å²) in [7, 11) is 0. The Labute approximate surface area is 251 Å². The molecule has 0 aromatic heterocycles. The van der Waals surface area contributed by atoms with Crippen molar-refractivity contribution in [1.82, 2.24) is 0 Å². The monoisotopic (exact) mass is 577 g/mol. The van der Waals surface area contributed by atoms with E-state index in [9.17, 15) is 9.59 Å². The SMILES string of the molecule is CC(=O)CCC(=O)OCCOc1ccc(C2(c3ccccc3)C=Cc3c(cc(N4CCOCC4)c4ccccc34)O2)cc1. The minimum Gasteiger partial charge on any atom is -0.490 e. The van der Waals surface area contributed by atoms with E-state index in [0.29, 0.717) is 19.0 Å². The fourth-order valence-electron chi connectivity index (χ4n) is 5.71. The summed E-state index contributed by atoms with van der Waals surface area (Å²) in [4.78, 5) is 25.2. The van der Waals surface area contributed by atoms with Gasteiger partial charge in [-0.25, -0.2) is 0 Å². The van der Waals surface area contributed by atoms with Crippen molar-refractivity contribution in [2.45, 2.75) is 25.4 Å². The van der Waals surface area contributed by atoms with Crippen molar-refractivity contribution >= 4 is 34.3 Å². The average Bonchev–Trinajstić information content (AvgIpc) is 3.06. The van der Waals surface area contributed by atoms with Gasteiger partial charge in [0.2, 0.25) is 0 Å². The molecule has 220 valence electrons. The number of ether oxygens (including phenoxy) is 4. The molecule has 1 fully saturated rings. The van der Waals surface area contributed by atoms with Crippen molar-refractivity contribution in [1.29, 1.82) is 0 Å². The molecule has 1 saturated heterocycles. The first-order chi connectivity index (χ1) is 21.0. The molecule has 0 saturated carbocycles. The summed E-state index contributed by atoms with van der Waals surface area (Å²) in [6, 6.07) is 28.8. The highest BCUT2D eigenvalue weighted by Crippen LogP contribution is 2.47. The second kappa shape index (κ2) is 12.7. The fraction of sp³-hybridized carbons (Fsp3) is 0.278. The third kappa shape index (κ3) is 6.13. The second-order valence-electron chi connectivity index (χ2n) is 10.8. The smallest absolute Gasteiger partial charge is 0.306 e. The summed E-state index contributed by atoms with van der Waals surface area (Å²) >= 11 is 0. The van der Waals surface area contributed by atoms with Crippen molar-refractivity contribution in [2.75, 3.05) is 44.4 Å². The lowest BCUT2D eigenvalue weighted by atomic mass is 9.83. The van der Waals surface area contributed by atoms with Gasteiger partial charge in [0, 0.05) is 53.3 Å². The zero-order valence-electron chi connectivity index (χ0n) is 24.3. The van der Waals surface area contributed by atoms with Gasteiger partial charge in [-0.1, -0.05) is 66.7 Å². The number of morpholine rings is 1. The fourth-order valence-corrected chi connectivity index (χ4v) is 5.71. The average molecular weight is 578 g/mol. The van der Waals surface area contributed by atoms with Crippen LogP contribution >= 0.6 is 0 Å². The summed E-state index contributed by atoms with van der Waals surface area (Å²) in [6.45, 7) is 4.88. The van der Waals surface area contributed by atoms with Crippen LogP contribution in [0.2, 0.25) is 0 Å². The number of ketones is 1. The quantitative estimate of drug-likeness (QED) is 0.161. The van der Waals surface area contributed by atoms with E-state index in [1.54, 1.807) is 0 Å². The first-order valence-electron chi connectivity index (χ1n) is 14.7. The molecule has 2 heterocycles. The zero-order chi connectivity index (χ0) is 29.6. The molecule has 4 aromatic rings. The van der Waals surface area contributed by atoms with Gasteiger partial charge in [0.05, 0.1) is 19.6 Å². The lowest BCUT2D eigenvalue weighted by molar-refractivity contribution is -0.145. The number of esters is 1. The van der Waals surface area contributed by atoms with E-state index in [1.165, 1.54) is 12.3 Å². The second-order valence-corrected chi connectivity index (χ2v) is 10.8. The largest absolute Gasteiger partial charge is 0.490 e. The number of benzene rings is 4. The molecule has 2 aliphatic rings. The maximum Gasteiger partial charge on any atom is 0.306 e. The molecule has 6 rings (SSSR count). The lowest BCUT2D eigenvalue weighted by Crippen LogP contribution is -2.37. The first kappa shape index (κ1) is 28.5. The van der Waals surface area contributed by atoms with Gasteiger partial charge in [0.15, 0.2) is 5.60 Å². The third-order valence-corrected chi connectivity index (χ3v) is 7.92. The van der Waals surface area contributed by atoms with Crippen LogP contribution in [-0.4, -0.2) is 51.3 Å². The van der Waals surface area contributed by atoms with Crippen LogP contribution in [0, 0.1) is 0 Å². The van der Waals surface area contributed by atoms with Crippen molar-refractivity contribution in [2.24, 2.45) is 0 Å². The van der Waals surface area contributed by atoms with Crippen LogP contribution in [0.5, 0.6) is 11.5 Å². The van der Waals surface area contributed by atoms with Gasteiger partial charge in [-0.2, -0.15) is 0 Å². The van der Waals surface area contributed by atoms with Crippen molar-refractivity contribution < 1.29 is 28.5 Å². The predicted molar refractivity (Wildman–Crippen MR) is 167 cm³/mol. The summed E-state index contributed by atoms with van der Waals surface area (Å²) in [5.74, 6) is 1.06. The number of nitrogens with zero attached hydrogens (tertiary/aromatic N) is 1. The van der Waals surface area contributed by atoms with E-state index >= 15 is 0 Å². The molecule has 0 N–H and O–H groups in total. The number of anilines is 1. The van der Waals surface area contributed by atoms with Crippen LogP contribution in [-0.2, 0) is 24.7 Å². The van der Waals surface area contributed by atoms with Gasteiger partial charge in [-0.3, -0.25) is 4.79 Å². The third-order valence-electron chi connectivity index (χ3n) is 7.92. The topological polar surface area (TPSA) is 74.3 Å². The molecule has 0 bridgehead atoms. The normalized spacial score (nSPS) is 17.7. The Hall–Kier alpha value is -4.62. The summed E-state index contributed by atoms with van der Waals surface area (Å²) in [5.41, 5.74) is 3.36. The molecular formula is C36H35NO6. The molecule has 1 atom stereocenters. The number of carbonyl (C=O) groups is 2. The highest BCUT2D eigenvalue weighted by Gasteiger charge is 2.38. The molecule has 1 unspecified atom stereocenters. The Morgan fingerprint density at radius 3 is 2.28 bits per heavy atom. The standard InChI is InChI=1S/C36H35NO6/c1-26(38)11-16-35(39)42-24-23-41-29-14-12-28(13-15-29)36(27-7-3-2-4-8-27)18-17-32-30-9-5-6-10-31(30)33(25-34(32)43-36)37-19-21-40-22-20-37/h2-10,12-15,17-18,25H,11,16,19-24H2,1H3. The molecule has 7 nitrogen and oxygen atoms in total. The van der Waals surface area contributed by atoms with Crippen LogP contribution in [0.1, 0.15) is 36.5 Å². The molecule has 43 heavy (non-hydrogen) atoms. The van der Waals surface area contributed by atoms with Crippen molar-refractivity contribution in [3.05, 3.63) is 108 Å². The van der Waals surface area contributed by atoms with E-state index in [-0.39, 0.29) is 31.8 Å². The minimum atomic E-state index is -0.843. The van der Waals surface area contributed by atoms with Crippen molar-refractivity contribution in [3.8, 4) is 11.5 Å². The Morgan fingerprint density at radius 1 is 0.837 bits per heavy atom. The Balaban J connectivity index is 1.28. The number of rotatable bonds is 10. The lowest BCUT2D eigenvalue weighted by Gasteiger charge is -2.38. The van der Waals surface area contributed by atoms with Crippen LogP contribution in [0.15, 0.2) is 91.0 Å². The summed E-state index contributed by atoms with van der Waals surface area (Å²) < 4.78 is 23.7. The molecular weight excluding hydrogens is 542 g/mol. The van der Waals surface area contributed by atoms with E-state index < -0.39 is 11.6 Å². The van der Waals surface area contributed by atoms with Gasteiger partial charge in [-0.15, -0.1) is 0 Å². The van der Waals surface area contributed by atoms with Crippen molar-refractivity contribution in [3.63, 3.8) is 0 Å². The Morgan fingerprint density at radius 2 is 1.53 bits per heavy atom. The highest BCUT2D eigenvalue weighted by atomic mass is 16.6. The van der Waals surface area contributed by atoms with E-state index in [2.05, 4.69) is 59.5 Å². The predicted octanol–water partition coefficient (Wildman–Crippen LogP) is 6.32. The van der Waals surface area contributed by atoms with Crippen LogP contribution in [0.4, 0.5) is 5.69 Å². The molecule has 7 heteroatoms. The minimum absolute atomic E-state index is 0.0345. The molecule has 0 amide bonds. The van der Waals surface area contributed by atoms with Gasteiger partial charge in [0.1, 0.15) is 30.5 Å². The first-order valence-corrected chi connectivity index (χ1v) is 14.7. The molecule has 2 aliphatic heterocycles.